The number of thiophene rings is 1. The fourth-order valence-electron chi connectivity index (χ4n) is 3.02. The lowest BCUT2D eigenvalue weighted by molar-refractivity contribution is -0.192. The molecule has 0 unspecified atom stereocenters. The molecule has 29 heavy (non-hydrogen) atoms. The van der Waals surface area contributed by atoms with Crippen molar-refractivity contribution in [1.82, 2.24) is 10.2 Å². The Labute approximate surface area is 168 Å². The van der Waals surface area contributed by atoms with Crippen molar-refractivity contribution in [2.75, 3.05) is 39.9 Å². The van der Waals surface area contributed by atoms with Crippen molar-refractivity contribution in [2.24, 2.45) is 0 Å². The molecule has 1 aromatic heterocycles. The number of methoxy groups -OCH3 is 1. The first kappa shape index (κ1) is 23.1. The number of carbonyl (C=O) groups is 3. The highest BCUT2D eigenvalue weighted by molar-refractivity contribution is 7.15. The number of hydrogen-bond donors (Lipinski definition) is 2. The van der Waals surface area contributed by atoms with E-state index in [0.29, 0.717) is 29.5 Å². The van der Waals surface area contributed by atoms with Gasteiger partial charge >= 0.3 is 18.1 Å². The molecule has 2 fully saturated rings. The van der Waals surface area contributed by atoms with Gasteiger partial charge in [-0.05, 0) is 38.1 Å². The number of carbonyl (C=O) groups excluding carboxylic acids is 2. The fraction of sp³-hybridized carbons (Fsp3) is 0.588. The number of nitrogens with zero attached hydrogens (tertiary/aromatic N) is 1. The quantitative estimate of drug-likeness (QED) is 0.678. The highest BCUT2D eigenvalue weighted by atomic mass is 32.1. The van der Waals surface area contributed by atoms with Crippen molar-refractivity contribution >= 4 is 29.2 Å². The molecule has 1 amide bonds. The number of nitrogens with one attached hydrogen (secondary N) is 1. The second-order valence-electron chi connectivity index (χ2n) is 6.47. The predicted molar refractivity (Wildman–Crippen MR) is 96.0 cm³/mol. The van der Waals surface area contributed by atoms with Gasteiger partial charge in [0.05, 0.1) is 30.7 Å². The molecule has 2 saturated heterocycles. The maximum atomic E-state index is 12.7. The Morgan fingerprint density at radius 2 is 1.83 bits per heavy atom. The van der Waals surface area contributed by atoms with Gasteiger partial charge < -0.3 is 24.8 Å². The van der Waals surface area contributed by atoms with Gasteiger partial charge in [-0.15, -0.1) is 11.3 Å². The molecule has 0 aliphatic carbocycles. The molecule has 2 N–H and O–H groups in total. The summed E-state index contributed by atoms with van der Waals surface area (Å²) in [6.07, 6.45) is -3.23. The van der Waals surface area contributed by atoms with Crippen LogP contribution < -0.4 is 5.32 Å². The van der Waals surface area contributed by atoms with Gasteiger partial charge in [0.15, 0.2) is 0 Å². The number of piperidine rings is 1. The lowest BCUT2D eigenvalue weighted by Gasteiger charge is -2.45. The van der Waals surface area contributed by atoms with Crippen LogP contribution in [0.4, 0.5) is 13.2 Å². The number of hydrogen-bond acceptors (Lipinski definition) is 7. The average Bonchev–Trinajstić information content (AvgIpc) is 3.17. The zero-order valence-corrected chi connectivity index (χ0v) is 16.4. The summed E-state index contributed by atoms with van der Waals surface area (Å²) in [5, 5.41) is 10.4. The average molecular weight is 438 g/mol. The monoisotopic (exact) mass is 438 g/mol. The van der Waals surface area contributed by atoms with E-state index >= 15 is 0 Å². The predicted octanol–water partition coefficient (Wildman–Crippen LogP) is 1.76. The number of halogens is 3. The van der Waals surface area contributed by atoms with Crippen LogP contribution in [-0.2, 0) is 14.3 Å². The van der Waals surface area contributed by atoms with Gasteiger partial charge in [0.1, 0.15) is 4.88 Å². The van der Waals surface area contributed by atoms with Crippen LogP contribution in [0.2, 0.25) is 0 Å². The van der Waals surface area contributed by atoms with Crippen molar-refractivity contribution in [1.29, 1.82) is 0 Å². The van der Waals surface area contributed by atoms with Gasteiger partial charge in [-0.3, -0.25) is 4.79 Å². The molecule has 3 rings (SSSR count). The summed E-state index contributed by atoms with van der Waals surface area (Å²) in [6, 6.07) is 3.34. The molecule has 0 radical (unpaired) electrons. The molecule has 1 aromatic rings. The van der Waals surface area contributed by atoms with E-state index in [1.807, 2.05) is 4.90 Å². The fourth-order valence-corrected chi connectivity index (χ4v) is 3.91. The van der Waals surface area contributed by atoms with Crippen molar-refractivity contribution in [2.45, 2.75) is 24.6 Å². The molecule has 1 spiro atoms. The van der Waals surface area contributed by atoms with Crippen molar-refractivity contribution < 1.29 is 42.1 Å². The van der Waals surface area contributed by atoms with Crippen molar-refractivity contribution in [3.05, 3.63) is 21.9 Å². The summed E-state index contributed by atoms with van der Waals surface area (Å²) in [5.74, 6) is -3.19. The number of alkyl halides is 3. The summed E-state index contributed by atoms with van der Waals surface area (Å²) in [7, 11) is 1.34. The second-order valence-corrected chi connectivity index (χ2v) is 7.55. The van der Waals surface area contributed by atoms with E-state index in [2.05, 4.69) is 10.1 Å². The highest BCUT2D eigenvalue weighted by Crippen LogP contribution is 2.29. The van der Waals surface area contributed by atoms with Crippen LogP contribution in [0, 0.1) is 0 Å². The van der Waals surface area contributed by atoms with Crippen molar-refractivity contribution in [3.8, 4) is 0 Å². The standard InChI is InChI=1S/C15H20N2O4S.C2HF3O2/c1-20-14(19)12-3-2-11(22-12)13(18)17-8-9-21-15(10-17)4-6-16-7-5-15;3-2(4,5)1(6)7/h2-3,16H,4-10H2,1H3;(H,6,7). The van der Waals surface area contributed by atoms with E-state index in [-0.39, 0.29) is 11.5 Å². The minimum absolute atomic E-state index is 0.0265. The third-order valence-corrected chi connectivity index (χ3v) is 5.55. The molecule has 0 atom stereocenters. The molecule has 8 nitrogen and oxygen atoms in total. The van der Waals surface area contributed by atoms with Crippen molar-refractivity contribution in [3.63, 3.8) is 0 Å². The highest BCUT2D eigenvalue weighted by Gasteiger charge is 2.40. The van der Waals surface area contributed by atoms with Crippen LogP contribution in [0.15, 0.2) is 12.1 Å². The largest absolute Gasteiger partial charge is 0.490 e. The Morgan fingerprint density at radius 1 is 1.24 bits per heavy atom. The number of ether oxygens (including phenoxy) is 2. The molecule has 162 valence electrons. The van der Waals surface area contributed by atoms with Gasteiger partial charge in [0, 0.05) is 6.54 Å². The Bertz CT molecular complexity index is 740. The molecule has 0 aromatic carbocycles. The van der Waals surface area contributed by atoms with Gasteiger partial charge in [-0.1, -0.05) is 0 Å². The van der Waals surface area contributed by atoms with Gasteiger partial charge in [0.2, 0.25) is 0 Å². The van der Waals surface area contributed by atoms with E-state index in [1.54, 1.807) is 12.1 Å². The summed E-state index contributed by atoms with van der Waals surface area (Å²) in [4.78, 5) is 35.9. The van der Waals surface area contributed by atoms with Crippen LogP contribution >= 0.6 is 11.3 Å². The molecule has 3 heterocycles. The number of amides is 1. The Kier molecular flexibility index (Phi) is 7.60. The number of carboxylic acids is 1. The second kappa shape index (κ2) is 9.55. The van der Waals surface area contributed by atoms with E-state index in [0.717, 1.165) is 25.9 Å². The maximum Gasteiger partial charge on any atom is 0.490 e. The van der Waals surface area contributed by atoms with Gasteiger partial charge in [-0.2, -0.15) is 13.2 Å². The third-order valence-electron chi connectivity index (χ3n) is 4.50. The molecule has 0 bridgehead atoms. The van der Waals surface area contributed by atoms with Crippen LogP contribution in [0.3, 0.4) is 0 Å². The lowest BCUT2D eigenvalue weighted by atomic mass is 9.90. The smallest absolute Gasteiger partial charge is 0.475 e. The zero-order valence-electron chi connectivity index (χ0n) is 15.6. The van der Waals surface area contributed by atoms with Crippen LogP contribution in [0.25, 0.3) is 0 Å². The number of esters is 1. The van der Waals surface area contributed by atoms with Gasteiger partial charge in [0.25, 0.3) is 5.91 Å². The maximum absolute atomic E-state index is 12.7. The Balaban J connectivity index is 0.000000370. The molecule has 2 aliphatic heterocycles. The van der Waals surface area contributed by atoms with Crippen LogP contribution in [0.1, 0.15) is 32.2 Å². The molecular weight excluding hydrogens is 417 g/mol. The summed E-state index contributed by atoms with van der Waals surface area (Å²) in [5.41, 5.74) is -0.207. The normalized spacial score (nSPS) is 18.6. The Hall–Kier alpha value is -2.18. The summed E-state index contributed by atoms with van der Waals surface area (Å²) >= 11 is 1.18. The van der Waals surface area contributed by atoms with Gasteiger partial charge in [-0.25, -0.2) is 9.59 Å². The lowest BCUT2D eigenvalue weighted by Crippen LogP contribution is -2.57. The molecular formula is C17H21F3N2O6S. The SMILES string of the molecule is COC(=O)c1ccc(C(=O)N2CCOC3(CCNCC3)C2)s1.O=C(O)C(F)(F)F. The summed E-state index contributed by atoms with van der Waals surface area (Å²) in [6.45, 7) is 3.64. The number of carboxylic acid groups (broad SMARTS) is 1. The van der Waals surface area contributed by atoms with E-state index in [1.165, 1.54) is 18.4 Å². The third kappa shape index (κ3) is 6.15. The first-order valence-electron chi connectivity index (χ1n) is 8.70. The zero-order chi connectivity index (χ0) is 21.7. The molecule has 0 saturated carbocycles. The first-order chi connectivity index (χ1) is 13.6. The number of aliphatic carboxylic acids is 1. The molecule has 2 aliphatic rings. The first-order valence-corrected chi connectivity index (χ1v) is 9.52. The van der Waals surface area contributed by atoms with E-state index in [9.17, 15) is 22.8 Å². The number of rotatable bonds is 2. The van der Waals surface area contributed by atoms with Crippen LogP contribution in [-0.4, -0.2) is 79.5 Å². The Morgan fingerprint density at radius 3 is 2.38 bits per heavy atom. The minimum Gasteiger partial charge on any atom is -0.475 e. The van der Waals surface area contributed by atoms with E-state index < -0.39 is 18.1 Å². The summed E-state index contributed by atoms with van der Waals surface area (Å²) < 4.78 is 42.4. The van der Waals surface area contributed by atoms with E-state index in [4.69, 9.17) is 14.6 Å². The minimum atomic E-state index is -5.08. The molecule has 12 heteroatoms. The van der Waals surface area contributed by atoms with Crippen LogP contribution in [0.5, 0.6) is 0 Å². The number of morpholine rings is 1. The topological polar surface area (TPSA) is 105 Å².